The third-order valence-electron chi connectivity index (χ3n) is 1.50. The minimum absolute atomic E-state index is 0.00266. The number of carbonyl (C=O) groups is 2. The molecule has 76 valence electrons. The van der Waals surface area contributed by atoms with Gasteiger partial charge in [-0.05, 0) is 13.3 Å². The van der Waals surface area contributed by atoms with Crippen molar-refractivity contribution in [3.8, 4) is 0 Å². The van der Waals surface area contributed by atoms with Crippen LogP contribution in [0.2, 0.25) is 0 Å². The number of primary amides is 1. The molecule has 0 aliphatic rings. The number of hydrogen-bond acceptors (Lipinski definition) is 4. The van der Waals surface area contributed by atoms with E-state index in [9.17, 15) is 9.59 Å². The predicted molar refractivity (Wildman–Crippen MR) is 47.9 cm³/mol. The van der Waals surface area contributed by atoms with Crippen LogP contribution in [-0.4, -0.2) is 31.1 Å². The Kier molecular flexibility index (Phi) is 5.88. The largest absolute Gasteiger partial charge is 0.465 e. The van der Waals surface area contributed by atoms with Crippen molar-refractivity contribution < 1.29 is 14.3 Å². The molecule has 0 aromatic heterocycles. The predicted octanol–water partition coefficient (Wildman–Crippen LogP) is -0.597. The molecule has 0 radical (unpaired) electrons. The maximum atomic E-state index is 11.1. The van der Waals surface area contributed by atoms with Crippen molar-refractivity contribution in [2.45, 2.75) is 26.3 Å². The van der Waals surface area contributed by atoms with Gasteiger partial charge in [-0.15, -0.1) is 0 Å². The topological polar surface area (TPSA) is 81.4 Å². The molecule has 0 heterocycles. The van der Waals surface area contributed by atoms with Gasteiger partial charge in [-0.25, -0.2) is 0 Å². The number of esters is 1. The van der Waals surface area contributed by atoms with Crippen molar-refractivity contribution in [1.82, 2.24) is 5.32 Å². The summed E-state index contributed by atoms with van der Waals surface area (Å²) in [5, 5.41) is 2.70. The van der Waals surface area contributed by atoms with Gasteiger partial charge in [0, 0.05) is 0 Å². The highest BCUT2D eigenvalue weighted by Crippen LogP contribution is 1.93. The van der Waals surface area contributed by atoms with Gasteiger partial charge in [-0.1, -0.05) is 6.92 Å². The number of hydrogen-bond donors (Lipinski definition) is 2. The summed E-state index contributed by atoms with van der Waals surface area (Å²) in [4.78, 5) is 21.6. The van der Waals surface area contributed by atoms with Crippen LogP contribution < -0.4 is 11.1 Å². The summed E-state index contributed by atoms with van der Waals surface area (Å²) in [5.41, 5.74) is 4.92. The van der Waals surface area contributed by atoms with Gasteiger partial charge in [0.15, 0.2) is 0 Å². The highest BCUT2D eigenvalue weighted by atomic mass is 16.5. The molecule has 0 fully saturated rings. The van der Waals surface area contributed by atoms with Gasteiger partial charge < -0.3 is 10.5 Å². The molecule has 5 nitrogen and oxygen atoms in total. The molecule has 0 saturated heterocycles. The first-order chi connectivity index (χ1) is 6.11. The number of ether oxygens (including phenoxy) is 1. The molecule has 0 aromatic rings. The van der Waals surface area contributed by atoms with E-state index in [-0.39, 0.29) is 12.5 Å². The Morgan fingerprint density at radius 2 is 2.08 bits per heavy atom. The third-order valence-corrected chi connectivity index (χ3v) is 1.50. The molecule has 0 rings (SSSR count). The monoisotopic (exact) mass is 188 g/mol. The molecule has 0 aliphatic heterocycles. The van der Waals surface area contributed by atoms with E-state index in [4.69, 9.17) is 10.5 Å². The lowest BCUT2D eigenvalue weighted by Gasteiger charge is -2.13. The van der Waals surface area contributed by atoms with Crippen LogP contribution in [0.3, 0.4) is 0 Å². The van der Waals surface area contributed by atoms with Crippen LogP contribution in [0.4, 0.5) is 0 Å². The first-order valence-corrected chi connectivity index (χ1v) is 4.30. The van der Waals surface area contributed by atoms with Crippen molar-refractivity contribution in [2.75, 3.05) is 13.2 Å². The van der Waals surface area contributed by atoms with E-state index in [1.54, 1.807) is 6.92 Å². The Morgan fingerprint density at radius 3 is 2.46 bits per heavy atom. The van der Waals surface area contributed by atoms with Crippen LogP contribution in [0, 0.1) is 0 Å². The van der Waals surface area contributed by atoms with Crippen LogP contribution in [0.25, 0.3) is 0 Å². The molecule has 5 heteroatoms. The molecular formula is C8H16N2O3. The fraction of sp³-hybridized carbons (Fsp3) is 0.750. The van der Waals surface area contributed by atoms with E-state index in [2.05, 4.69) is 5.32 Å². The lowest BCUT2D eigenvalue weighted by molar-refractivity contribution is -0.145. The first kappa shape index (κ1) is 11.9. The molecule has 0 aliphatic carbocycles. The Bertz CT molecular complexity index is 182. The molecule has 1 amide bonds. The average molecular weight is 188 g/mol. The quantitative estimate of drug-likeness (QED) is 0.545. The Labute approximate surface area is 77.6 Å². The molecule has 0 aromatic carbocycles. The van der Waals surface area contributed by atoms with Gasteiger partial charge in [0.1, 0.15) is 6.04 Å². The average Bonchev–Trinajstić information content (AvgIpc) is 2.05. The van der Waals surface area contributed by atoms with Gasteiger partial charge in [0.2, 0.25) is 5.91 Å². The van der Waals surface area contributed by atoms with Crippen LogP contribution >= 0.6 is 0 Å². The lowest BCUT2D eigenvalue weighted by atomic mass is 10.2. The molecule has 3 N–H and O–H groups in total. The Morgan fingerprint density at radius 1 is 1.46 bits per heavy atom. The van der Waals surface area contributed by atoms with Crippen molar-refractivity contribution >= 4 is 11.9 Å². The van der Waals surface area contributed by atoms with E-state index in [0.717, 1.165) is 0 Å². The van der Waals surface area contributed by atoms with E-state index in [0.29, 0.717) is 13.0 Å². The van der Waals surface area contributed by atoms with Gasteiger partial charge in [-0.2, -0.15) is 0 Å². The second-order valence-electron chi connectivity index (χ2n) is 2.56. The SMILES string of the molecule is CCOC(=O)C(CC)NCC(N)=O. The highest BCUT2D eigenvalue weighted by molar-refractivity contribution is 5.79. The maximum Gasteiger partial charge on any atom is 0.323 e. The molecule has 1 unspecified atom stereocenters. The van der Waals surface area contributed by atoms with Crippen LogP contribution in [0.15, 0.2) is 0 Å². The number of carbonyl (C=O) groups excluding carboxylic acids is 2. The summed E-state index contributed by atoms with van der Waals surface area (Å²) in [6.07, 6.45) is 0.576. The summed E-state index contributed by atoms with van der Waals surface area (Å²) in [6.45, 7) is 3.90. The number of rotatable bonds is 6. The van der Waals surface area contributed by atoms with E-state index >= 15 is 0 Å². The second kappa shape index (κ2) is 6.42. The standard InChI is InChI=1S/C8H16N2O3/c1-3-6(8(12)13-4-2)10-5-7(9)11/h6,10H,3-5H2,1-2H3,(H2,9,11). The highest BCUT2D eigenvalue weighted by Gasteiger charge is 2.16. The second-order valence-corrected chi connectivity index (χ2v) is 2.56. The smallest absolute Gasteiger partial charge is 0.323 e. The number of nitrogens with one attached hydrogen (secondary N) is 1. The summed E-state index contributed by atoms with van der Waals surface area (Å²) in [6, 6.07) is -0.438. The van der Waals surface area contributed by atoms with Crippen LogP contribution in [0.5, 0.6) is 0 Å². The minimum Gasteiger partial charge on any atom is -0.465 e. The summed E-state index contributed by atoms with van der Waals surface area (Å²) < 4.78 is 4.77. The van der Waals surface area contributed by atoms with Crippen LogP contribution in [-0.2, 0) is 14.3 Å². The maximum absolute atomic E-state index is 11.1. The fourth-order valence-electron chi connectivity index (χ4n) is 0.861. The summed E-state index contributed by atoms with van der Waals surface area (Å²) in [7, 11) is 0. The Hall–Kier alpha value is -1.10. The van der Waals surface area contributed by atoms with E-state index < -0.39 is 11.9 Å². The van der Waals surface area contributed by atoms with Crippen molar-refractivity contribution in [3.63, 3.8) is 0 Å². The molecule has 13 heavy (non-hydrogen) atoms. The zero-order chi connectivity index (χ0) is 10.3. The zero-order valence-electron chi connectivity index (χ0n) is 8.00. The summed E-state index contributed by atoms with van der Waals surface area (Å²) in [5.74, 6) is -0.825. The first-order valence-electron chi connectivity index (χ1n) is 4.30. The van der Waals surface area contributed by atoms with Crippen LogP contribution in [0.1, 0.15) is 20.3 Å². The van der Waals surface area contributed by atoms with Gasteiger partial charge in [0.25, 0.3) is 0 Å². The zero-order valence-corrected chi connectivity index (χ0v) is 8.00. The van der Waals surface area contributed by atoms with Gasteiger partial charge in [-0.3, -0.25) is 14.9 Å². The number of amides is 1. The molecule has 0 bridgehead atoms. The fourth-order valence-corrected chi connectivity index (χ4v) is 0.861. The van der Waals surface area contributed by atoms with E-state index in [1.807, 2.05) is 6.92 Å². The van der Waals surface area contributed by atoms with E-state index in [1.165, 1.54) is 0 Å². The Balaban J connectivity index is 3.87. The third kappa shape index (κ3) is 5.19. The molecule has 0 spiro atoms. The molecule has 1 atom stereocenters. The molecule has 0 saturated carbocycles. The summed E-state index contributed by atoms with van der Waals surface area (Å²) >= 11 is 0. The molecular weight excluding hydrogens is 172 g/mol. The van der Waals surface area contributed by atoms with Gasteiger partial charge in [0.05, 0.1) is 13.2 Å². The van der Waals surface area contributed by atoms with Gasteiger partial charge >= 0.3 is 5.97 Å². The lowest BCUT2D eigenvalue weighted by Crippen LogP contribution is -2.42. The van der Waals surface area contributed by atoms with Crippen molar-refractivity contribution in [1.29, 1.82) is 0 Å². The van der Waals surface area contributed by atoms with Crippen molar-refractivity contribution in [3.05, 3.63) is 0 Å². The normalized spacial score (nSPS) is 12.2. The minimum atomic E-state index is -0.484. The number of nitrogens with two attached hydrogens (primary N) is 1. The van der Waals surface area contributed by atoms with Crippen molar-refractivity contribution in [2.24, 2.45) is 5.73 Å².